The second kappa shape index (κ2) is 6.70. The maximum Gasteiger partial charge on any atom is 0.128 e. The van der Waals surface area contributed by atoms with Gasteiger partial charge in [-0.05, 0) is 17.7 Å². The van der Waals surface area contributed by atoms with Crippen LogP contribution in [-0.2, 0) is 0 Å². The molecule has 0 saturated carbocycles. The first-order valence-corrected chi connectivity index (χ1v) is 7.44. The molecule has 1 N–H and O–H groups in total. The molecule has 1 saturated heterocycles. The average Bonchev–Trinajstić information content (AvgIpc) is 2.57. The number of pyridine rings is 1. The fourth-order valence-corrected chi connectivity index (χ4v) is 2.73. The first kappa shape index (κ1) is 14.0. The van der Waals surface area contributed by atoms with Crippen molar-refractivity contribution in [1.29, 1.82) is 0 Å². The second-order valence-electron chi connectivity index (χ2n) is 5.40. The predicted octanol–water partition coefficient (Wildman–Crippen LogP) is 1.94. The number of hydrogen-bond acceptors (Lipinski definition) is 4. The van der Waals surface area contributed by atoms with Gasteiger partial charge in [-0.15, -0.1) is 0 Å². The minimum Gasteiger partial charge on any atom is -0.387 e. The summed E-state index contributed by atoms with van der Waals surface area (Å²) in [7, 11) is 0. The van der Waals surface area contributed by atoms with Gasteiger partial charge in [-0.1, -0.05) is 36.4 Å². The zero-order valence-corrected chi connectivity index (χ0v) is 12.1. The summed E-state index contributed by atoms with van der Waals surface area (Å²) in [4.78, 5) is 9.01. The fourth-order valence-electron chi connectivity index (χ4n) is 2.73. The van der Waals surface area contributed by atoms with Crippen LogP contribution in [0, 0.1) is 0 Å². The Bertz CT molecular complexity index is 538. The van der Waals surface area contributed by atoms with Gasteiger partial charge in [-0.3, -0.25) is 4.90 Å². The molecule has 0 spiro atoms. The van der Waals surface area contributed by atoms with Crippen LogP contribution >= 0.6 is 0 Å². The molecule has 1 aromatic carbocycles. The van der Waals surface area contributed by atoms with E-state index in [9.17, 15) is 5.11 Å². The van der Waals surface area contributed by atoms with Crippen molar-refractivity contribution in [2.75, 3.05) is 37.6 Å². The number of aliphatic hydroxyl groups excluding tert-OH is 1. The summed E-state index contributed by atoms with van der Waals surface area (Å²) >= 11 is 0. The van der Waals surface area contributed by atoms with Gasteiger partial charge in [-0.25, -0.2) is 4.98 Å². The highest BCUT2D eigenvalue weighted by atomic mass is 16.3. The van der Waals surface area contributed by atoms with Gasteiger partial charge in [0.25, 0.3) is 0 Å². The maximum absolute atomic E-state index is 10.3. The van der Waals surface area contributed by atoms with Crippen molar-refractivity contribution >= 4 is 5.82 Å². The van der Waals surface area contributed by atoms with E-state index in [1.54, 1.807) is 0 Å². The average molecular weight is 283 g/mol. The zero-order valence-electron chi connectivity index (χ0n) is 12.1. The van der Waals surface area contributed by atoms with E-state index in [1.807, 2.05) is 48.7 Å². The third-order valence-electron chi connectivity index (χ3n) is 3.96. The van der Waals surface area contributed by atoms with Crippen molar-refractivity contribution in [3.05, 3.63) is 60.3 Å². The van der Waals surface area contributed by atoms with Crippen molar-refractivity contribution in [1.82, 2.24) is 9.88 Å². The van der Waals surface area contributed by atoms with Crippen LogP contribution in [0.2, 0.25) is 0 Å². The van der Waals surface area contributed by atoms with Crippen LogP contribution in [0.4, 0.5) is 5.82 Å². The number of aromatic nitrogens is 1. The lowest BCUT2D eigenvalue weighted by Crippen LogP contribution is -2.47. The molecule has 1 aliphatic rings. The molecule has 2 heterocycles. The van der Waals surface area contributed by atoms with Gasteiger partial charge < -0.3 is 10.0 Å². The molecule has 21 heavy (non-hydrogen) atoms. The van der Waals surface area contributed by atoms with Gasteiger partial charge in [0.2, 0.25) is 0 Å². The van der Waals surface area contributed by atoms with Gasteiger partial charge in [0.05, 0.1) is 6.10 Å². The molecule has 0 aliphatic carbocycles. The Morgan fingerprint density at radius 1 is 0.952 bits per heavy atom. The van der Waals surface area contributed by atoms with Gasteiger partial charge in [0.15, 0.2) is 0 Å². The van der Waals surface area contributed by atoms with Crippen LogP contribution in [-0.4, -0.2) is 47.7 Å². The van der Waals surface area contributed by atoms with Gasteiger partial charge >= 0.3 is 0 Å². The lowest BCUT2D eigenvalue weighted by atomic mass is 10.1. The molecule has 0 radical (unpaired) electrons. The van der Waals surface area contributed by atoms with Gasteiger partial charge in [-0.2, -0.15) is 0 Å². The van der Waals surface area contributed by atoms with E-state index >= 15 is 0 Å². The number of benzene rings is 1. The molecule has 0 unspecified atom stereocenters. The molecule has 3 rings (SSSR count). The third kappa shape index (κ3) is 3.60. The van der Waals surface area contributed by atoms with Crippen molar-refractivity contribution in [2.24, 2.45) is 0 Å². The molecule has 1 aliphatic heterocycles. The normalized spacial score (nSPS) is 17.7. The summed E-state index contributed by atoms with van der Waals surface area (Å²) in [6.07, 6.45) is 1.42. The maximum atomic E-state index is 10.3. The molecule has 0 amide bonds. The second-order valence-corrected chi connectivity index (χ2v) is 5.40. The number of β-amino-alcohol motifs (C(OH)–C–C–N with tert-alkyl or cyclic N) is 1. The van der Waals surface area contributed by atoms with Crippen molar-refractivity contribution in [2.45, 2.75) is 6.10 Å². The Balaban J connectivity index is 1.52. The largest absolute Gasteiger partial charge is 0.387 e. The van der Waals surface area contributed by atoms with Crippen LogP contribution in [0.1, 0.15) is 11.7 Å². The van der Waals surface area contributed by atoms with E-state index in [-0.39, 0.29) is 0 Å². The Morgan fingerprint density at radius 2 is 1.67 bits per heavy atom. The molecule has 0 bridgehead atoms. The van der Waals surface area contributed by atoms with Crippen molar-refractivity contribution in [3.8, 4) is 0 Å². The number of piperazine rings is 1. The van der Waals surface area contributed by atoms with Crippen molar-refractivity contribution < 1.29 is 5.11 Å². The highest BCUT2D eigenvalue weighted by molar-refractivity contribution is 5.38. The molecule has 4 nitrogen and oxygen atoms in total. The molecule has 1 atom stereocenters. The predicted molar refractivity (Wildman–Crippen MR) is 84.3 cm³/mol. The molecule has 4 heteroatoms. The van der Waals surface area contributed by atoms with Crippen LogP contribution in [0.15, 0.2) is 54.7 Å². The highest BCUT2D eigenvalue weighted by Gasteiger charge is 2.20. The molecule has 2 aromatic rings. The van der Waals surface area contributed by atoms with Gasteiger partial charge in [0.1, 0.15) is 5.82 Å². The minimum absolute atomic E-state index is 0.410. The summed E-state index contributed by atoms with van der Waals surface area (Å²) in [5.74, 6) is 1.04. The van der Waals surface area contributed by atoms with E-state index in [0.717, 1.165) is 37.6 Å². The molecule has 1 fully saturated rings. The Morgan fingerprint density at radius 3 is 2.33 bits per heavy atom. The summed E-state index contributed by atoms with van der Waals surface area (Å²) < 4.78 is 0. The Hall–Kier alpha value is -1.91. The molecular formula is C17H21N3O. The fraction of sp³-hybridized carbons (Fsp3) is 0.353. The topological polar surface area (TPSA) is 39.6 Å². The quantitative estimate of drug-likeness (QED) is 0.931. The SMILES string of the molecule is O[C@@H](CN1CCN(c2ccccn2)CC1)c1ccccc1. The first-order valence-electron chi connectivity index (χ1n) is 7.44. The number of rotatable bonds is 4. The highest BCUT2D eigenvalue weighted by Crippen LogP contribution is 2.17. The van der Waals surface area contributed by atoms with E-state index in [2.05, 4.69) is 20.9 Å². The molecular weight excluding hydrogens is 262 g/mol. The van der Waals surface area contributed by atoms with Crippen LogP contribution in [0.5, 0.6) is 0 Å². The molecule has 1 aromatic heterocycles. The van der Waals surface area contributed by atoms with E-state index in [1.165, 1.54) is 0 Å². The number of anilines is 1. The smallest absolute Gasteiger partial charge is 0.128 e. The van der Waals surface area contributed by atoms with E-state index in [4.69, 9.17) is 0 Å². The van der Waals surface area contributed by atoms with Gasteiger partial charge in [0, 0.05) is 38.9 Å². The first-order chi connectivity index (χ1) is 10.3. The summed E-state index contributed by atoms with van der Waals surface area (Å²) in [5.41, 5.74) is 0.990. The monoisotopic (exact) mass is 283 g/mol. The number of hydrogen-bond donors (Lipinski definition) is 1. The van der Waals surface area contributed by atoms with Crippen LogP contribution < -0.4 is 4.90 Å². The van der Waals surface area contributed by atoms with Crippen molar-refractivity contribution in [3.63, 3.8) is 0 Å². The van der Waals surface area contributed by atoms with Crippen LogP contribution in [0.25, 0.3) is 0 Å². The minimum atomic E-state index is -0.410. The lowest BCUT2D eigenvalue weighted by molar-refractivity contribution is 0.109. The summed E-state index contributed by atoms with van der Waals surface area (Å²) in [5, 5.41) is 10.3. The van der Waals surface area contributed by atoms with E-state index < -0.39 is 6.10 Å². The van der Waals surface area contributed by atoms with E-state index in [0.29, 0.717) is 6.54 Å². The zero-order chi connectivity index (χ0) is 14.5. The Kier molecular flexibility index (Phi) is 4.48. The Labute approximate surface area is 125 Å². The summed E-state index contributed by atoms with van der Waals surface area (Å²) in [6, 6.07) is 15.9. The number of aliphatic hydroxyl groups is 1. The summed E-state index contributed by atoms with van der Waals surface area (Å²) in [6.45, 7) is 4.53. The van der Waals surface area contributed by atoms with Crippen LogP contribution in [0.3, 0.4) is 0 Å². The number of nitrogens with zero attached hydrogens (tertiary/aromatic N) is 3. The standard InChI is InChI=1S/C17H21N3O/c21-16(15-6-2-1-3-7-15)14-19-10-12-20(13-11-19)17-8-4-5-9-18-17/h1-9,16,21H,10-14H2/t16-/m0/s1. The lowest BCUT2D eigenvalue weighted by Gasteiger charge is -2.36. The molecule has 110 valence electrons. The third-order valence-corrected chi connectivity index (χ3v) is 3.96.